The Morgan fingerprint density at radius 1 is 0.919 bits per heavy atom. The number of carbonyl (C=O) groups is 1. The fourth-order valence-corrected chi connectivity index (χ4v) is 4.78. The lowest BCUT2D eigenvalue weighted by molar-refractivity contribution is -0.355. The second-order valence-electron chi connectivity index (χ2n) is 9.12. The minimum Gasteiger partial charge on any atom is -0.368 e. The number of hydrogen-bond donors (Lipinski definition) is 0. The summed E-state index contributed by atoms with van der Waals surface area (Å²) in [5.41, 5.74) is 2.72. The Morgan fingerprint density at radius 2 is 1.59 bits per heavy atom. The fraction of sp³-hybridized carbons (Fsp3) is 0.323. The van der Waals surface area contributed by atoms with Gasteiger partial charge in [0.15, 0.2) is 12.6 Å². The Hall–Kier alpha value is -3.31. The van der Waals surface area contributed by atoms with E-state index in [9.17, 15) is 4.79 Å². The first-order chi connectivity index (χ1) is 18.2. The molecule has 0 unspecified atom stereocenters. The fourth-order valence-electron chi connectivity index (χ4n) is 4.78. The predicted octanol–water partition coefficient (Wildman–Crippen LogP) is 4.68. The minimum atomic E-state index is -0.676. The quantitative estimate of drug-likeness (QED) is 0.441. The van der Waals surface area contributed by atoms with Gasteiger partial charge in [-0.05, 0) is 23.6 Å². The largest absolute Gasteiger partial charge is 0.368 e. The number of Topliss-reactive ketones (excluding diaryl/α,β-unsaturated/α-hetero) is 1. The van der Waals surface area contributed by atoms with Crippen molar-refractivity contribution in [3.05, 3.63) is 108 Å². The normalized spacial score (nSPS) is 26.9. The molecule has 0 saturated carbocycles. The molecule has 2 saturated heterocycles. The van der Waals surface area contributed by atoms with Crippen molar-refractivity contribution in [1.82, 2.24) is 0 Å². The van der Waals surface area contributed by atoms with Crippen LogP contribution in [-0.2, 0) is 35.1 Å². The lowest BCUT2D eigenvalue weighted by Gasteiger charge is -2.49. The highest BCUT2D eigenvalue weighted by molar-refractivity contribution is 5.96. The second kappa shape index (κ2) is 12.3. The third kappa shape index (κ3) is 6.34. The zero-order valence-electron chi connectivity index (χ0n) is 20.7. The molecule has 2 heterocycles. The van der Waals surface area contributed by atoms with Gasteiger partial charge in [0.05, 0.1) is 19.3 Å². The molecular formula is C31H30O6. The van der Waals surface area contributed by atoms with Gasteiger partial charge in [-0.25, -0.2) is 0 Å². The van der Waals surface area contributed by atoms with Gasteiger partial charge in [-0.1, -0.05) is 84.8 Å². The Labute approximate surface area is 217 Å². The van der Waals surface area contributed by atoms with Gasteiger partial charge in [0, 0.05) is 30.6 Å². The van der Waals surface area contributed by atoms with Crippen LogP contribution < -0.4 is 0 Å². The highest BCUT2D eigenvalue weighted by atomic mass is 16.7. The summed E-state index contributed by atoms with van der Waals surface area (Å²) in [5.74, 6) is 5.23. The summed E-state index contributed by atoms with van der Waals surface area (Å²) in [6.45, 7) is 0.668. The van der Waals surface area contributed by atoms with Gasteiger partial charge in [-0.3, -0.25) is 4.79 Å². The van der Waals surface area contributed by atoms with E-state index >= 15 is 0 Å². The molecule has 0 aromatic heterocycles. The van der Waals surface area contributed by atoms with Crippen LogP contribution in [0.15, 0.2) is 91.0 Å². The molecule has 190 valence electrons. The topological polar surface area (TPSA) is 63.2 Å². The van der Waals surface area contributed by atoms with E-state index < -0.39 is 30.9 Å². The summed E-state index contributed by atoms with van der Waals surface area (Å²) in [6.07, 6.45) is -2.47. The van der Waals surface area contributed by atoms with Crippen molar-refractivity contribution in [1.29, 1.82) is 0 Å². The lowest BCUT2D eigenvalue weighted by Crippen LogP contribution is -2.60. The summed E-state index contributed by atoms with van der Waals surface area (Å²) < 4.78 is 30.7. The third-order valence-corrected chi connectivity index (χ3v) is 6.61. The molecule has 2 aliphatic rings. The van der Waals surface area contributed by atoms with Gasteiger partial charge in [-0.15, -0.1) is 0 Å². The smallest absolute Gasteiger partial charge is 0.206 e. The molecule has 2 aliphatic heterocycles. The molecule has 2 fully saturated rings. The Bertz CT molecular complexity index is 1200. The van der Waals surface area contributed by atoms with Crippen LogP contribution in [0, 0.1) is 17.8 Å². The Balaban J connectivity index is 1.40. The van der Waals surface area contributed by atoms with Crippen LogP contribution in [0.5, 0.6) is 0 Å². The molecule has 0 aliphatic carbocycles. The van der Waals surface area contributed by atoms with E-state index in [0.717, 1.165) is 16.7 Å². The molecule has 6 atom stereocenters. The summed E-state index contributed by atoms with van der Waals surface area (Å²) in [4.78, 5) is 13.1. The van der Waals surface area contributed by atoms with E-state index in [4.69, 9.17) is 23.7 Å². The van der Waals surface area contributed by atoms with Crippen molar-refractivity contribution in [2.75, 3.05) is 13.7 Å². The Morgan fingerprint density at radius 3 is 2.30 bits per heavy atom. The van der Waals surface area contributed by atoms with Crippen molar-refractivity contribution >= 4 is 5.78 Å². The average Bonchev–Trinajstić information content (AvgIpc) is 2.96. The SMILES string of the molecule is CO[C@H]1O[C@@H]2CO[C@@H](c3ccccc3)O[C@H]2[C@@H](CC(=O)C#Cc2ccccc2)[C@@H]1OCc1ccccc1. The molecule has 3 aromatic rings. The number of carbonyl (C=O) groups excluding carboxylic acids is 1. The molecule has 0 radical (unpaired) electrons. The van der Waals surface area contributed by atoms with Crippen LogP contribution in [0.1, 0.15) is 29.4 Å². The van der Waals surface area contributed by atoms with Crippen LogP contribution in [0.2, 0.25) is 0 Å². The predicted molar refractivity (Wildman–Crippen MR) is 137 cm³/mol. The van der Waals surface area contributed by atoms with Crippen LogP contribution >= 0.6 is 0 Å². The van der Waals surface area contributed by atoms with Crippen LogP contribution in [0.3, 0.4) is 0 Å². The molecule has 3 aromatic carbocycles. The molecule has 0 bridgehead atoms. The minimum absolute atomic E-state index is 0.144. The van der Waals surface area contributed by atoms with Crippen molar-refractivity contribution in [2.24, 2.45) is 5.92 Å². The van der Waals surface area contributed by atoms with Crippen molar-refractivity contribution in [2.45, 2.75) is 43.9 Å². The maximum Gasteiger partial charge on any atom is 0.206 e. The Kier molecular flexibility index (Phi) is 8.42. The monoisotopic (exact) mass is 498 g/mol. The second-order valence-corrected chi connectivity index (χ2v) is 9.12. The van der Waals surface area contributed by atoms with Gasteiger partial charge in [0.2, 0.25) is 5.78 Å². The van der Waals surface area contributed by atoms with E-state index in [1.165, 1.54) is 0 Å². The van der Waals surface area contributed by atoms with Crippen LogP contribution in [0.25, 0.3) is 0 Å². The van der Waals surface area contributed by atoms with Gasteiger partial charge in [0.25, 0.3) is 0 Å². The van der Waals surface area contributed by atoms with E-state index in [1.54, 1.807) is 7.11 Å². The zero-order chi connectivity index (χ0) is 25.5. The number of benzene rings is 3. The average molecular weight is 499 g/mol. The third-order valence-electron chi connectivity index (χ3n) is 6.61. The number of fused-ring (bicyclic) bond motifs is 1. The van der Waals surface area contributed by atoms with Crippen LogP contribution in [-0.4, -0.2) is 44.1 Å². The summed E-state index contributed by atoms with van der Waals surface area (Å²) in [6, 6.07) is 29.1. The maximum atomic E-state index is 13.1. The molecule has 37 heavy (non-hydrogen) atoms. The molecule has 0 spiro atoms. The molecule has 5 rings (SSSR count). The number of ether oxygens (including phenoxy) is 5. The number of ketones is 1. The highest BCUT2D eigenvalue weighted by Crippen LogP contribution is 2.40. The van der Waals surface area contributed by atoms with E-state index in [2.05, 4.69) is 11.8 Å². The summed E-state index contributed by atoms with van der Waals surface area (Å²) >= 11 is 0. The standard InChI is InChI=1S/C31H30O6/c1-33-31-29(34-20-23-13-7-3-8-14-23)26(19-25(32)18-17-22-11-5-2-6-12-22)28-27(36-31)21-35-30(37-28)24-15-9-4-10-16-24/h2-16,26-31H,19-21H2,1H3/t26-,27-,28+,29+,30-,31+/m1/s1. The lowest BCUT2D eigenvalue weighted by atomic mass is 9.84. The summed E-state index contributed by atoms with van der Waals surface area (Å²) in [7, 11) is 1.58. The first kappa shape index (κ1) is 25.3. The van der Waals surface area contributed by atoms with E-state index in [1.807, 2.05) is 91.0 Å². The molecule has 0 N–H and O–H groups in total. The zero-order valence-corrected chi connectivity index (χ0v) is 20.7. The molecule has 0 amide bonds. The van der Waals surface area contributed by atoms with Crippen molar-refractivity contribution in [3.63, 3.8) is 0 Å². The van der Waals surface area contributed by atoms with Gasteiger partial charge in [0.1, 0.15) is 12.2 Å². The van der Waals surface area contributed by atoms with E-state index in [-0.39, 0.29) is 18.1 Å². The number of hydrogen-bond acceptors (Lipinski definition) is 6. The van der Waals surface area contributed by atoms with Gasteiger partial charge >= 0.3 is 0 Å². The van der Waals surface area contributed by atoms with Crippen LogP contribution in [0.4, 0.5) is 0 Å². The summed E-state index contributed by atoms with van der Waals surface area (Å²) in [5, 5.41) is 0. The van der Waals surface area contributed by atoms with Gasteiger partial charge < -0.3 is 23.7 Å². The molecular weight excluding hydrogens is 468 g/mol. The van der Waals surface area contributed by atoms with Crippen molar-refractivity contribution in [3.8, 4) is 11.8 Å². The van der Waals surface area contributed by atoms with Gasteiger partial charge in [-0.2, -0.15) is 0 Å². The molecule has 6 nitrogen and oxygen atoms in total. The maximum absolute atomic E-state index is 13.1. The first-order valence-corrected chi connectivity index (χ1v) is 12.5. The van der Waals surface area contributed by atoms with E-state index in [0.29, 0.717) is 13.2 Å². The highest BCUT2D eigenvalue weighted by Gasteiger charge is 2.51. The van der Waals surface area contributed by atoms with Crippen molar-refractivity contribution < 1.29 is 28.5 Å². The number of rotatable bonds is 7. The first-order valence-electron chi connectivity index (χ1n) is 12.5. The number of methoxy groups -OCH3 is 1. The molecule has 6 heteroatoms.